The predicted molar refractivity (Wildman–Crippen MR) is 137 cm³/mol. The van der Waals surface area contributed by atoms with Crippen LogP contribution in [0.4, 0.5) is 0 Å². The molecule has 1 atom stereocenters. The molecule has 2 nitrogen and oxygen atoms in total. The summed E-state index contributed by atoms with van der Waals surface area (Å²) in [6.07, 6.45) is 13.1. The van der Waals surface area contributed by atoms with Gasteiger partial charge in [-0.15, -0.1) is 0 Å². The van der Waals surface area contributed by atoms with Gasteiger partial charge in [-0.3, -0.25) is 0 Å². The fourth-order valence-electron chi connectivity index (χ4n) is 3.66. The van der Waals surface area contributed by atoms with Crippen molar-refractivity contribution in [2.45, 2.75) is 81.3 Å². The Morgan fingerprint density at radius 1 is 0.774 bits per heavy atom. The lowest BCUT2D eigenvalue weighted by Gasteiger charge is -2.17. The van der Waals surface area contributed by atoms with Crippen LogP contribution in [0, 0.1) is 0 Å². The lowest BCUT2D eigenvalue weighted by atomic mass is 10.1. The third kappa shape index (κ3) is 10.5. The standard InChI is InChI=1S/C26H37ClO2S2/c1-2-3-4-5-6-7-8-9-10-14-21-30-26(23-15-12-11-13-16-23)22-31(28,29)25-19-17-24(27)18-20-25/h11-13,15-20,26H,2-10,14,21-22H2,1H3/t26-/m1/s1. The Labute approximate surface area is 199 Å². The summed E-state index contributed by atoms with van der Waals surface area (Å²) < 4.78 is 25.9. The van der Waals surface area contributed by atoms with E-state index in [0.29, 0.717) is 9.92 Å². The number of hydrogen-bond donors (Lipinski definition) is 0. The number of sulfone groups is 1. The van der Waals surface area contributed by atoms with Crippen LogP contribution in [0.1, 0.15) is 81.9 Å². The van der Waals surface area contributed by atoms with Crippen molar-refractivity contribution < 1.29 is 8.42 Å². The van der Waals surface area contributed by atoms with Crippen molar-refractivity contribution >= 4 is 33.2 Å². The van der Waals surface area contributed by atoms with Gasteiger partial charge in [-0.05, 0) is 42.0 Å². The first-order valence-electron chi connectivity index (χ1n) is 11.7. The van der Waals surface area contributed by atoms with Gasteiger partial charge in [0, 0.05) is 10.3 Å². The molecule has 0 aliphatic rings. The smallest absolute Gasteiger partial charge is 0.179 e. The van der Waals surface area contributed by atoms with Gasteiger partial charge in [0.2, 0.25) is 0 Å². The normalized spacial score (nSPS) is 12.7. The molecule has 0 unspecified atom stereocenters. The van der Waals surface area contributed by atoms with Gasteiger partial charge in [0.1, 0.15) is 0 Å². The first-order chi connectivity index (χ1) is 15.0. The Morgan fingerprint density at radius 3 is 1.90 bits per heavy atom. The van der Waals surface area contributed by atoms with Crippen molar-refractivity contribution in [1.29, 1.82) is 0 Å². The molecule has 0 N–H and O–H groups in total. The Bertz CT molecular complexity index is 820. The highest BCUT2D eigenvalue weighted by molar-refractivity contribution is 8.01. The van der Waals surface area contributed by atoms with Crippen molar-refractivity contribution in [3.63, 3.8) is 0 Å². The average Bonchev–Trinajstić information content (AvgIpc) is 2.77. The number of halogens is 1. The van der Waals surface area contributed by atoms with Crippen LogP contribution in [-0.4, -0.2) is 19.9 Å². The molecule has 0 aliphatic heterocycles. The van der Waals surface area contributed by atoms with E-state index in [-0.39, 0.29) is 11.0 Å². The van der Waals surface area contributed by atoms with E-state index in [2.05, 4.69) is 6.92 Å². The summed E-state index contributed by atoms with van der Waals surface area (Å²) in [6.45, 7) is 2.26. The van der Waals surface area contributed by atoms with E-state index in [4.69, 9.17) is 11.6 Å². The number of benzene rings is 2. The summed E-state index contributed by atoms with van der Waals surface area (Å²) in [5, 5.41) is 0.495. The molecule has 2 rings (SSSR count). The first kappa shape index (κ1) is 26.3. The summed E-state index contributed by atoms with van der Waals surface area (Å²) >= 11 is 7.69. The predicted octanol–water partition coefficient (Wildman–Crippen LogP) is 8.51. The van der Waals surface area contributed by atoms with Gasteiger partial charge in [-0.1, -0.05) is 107 Å². The van der Waals surface area contributed by atoms with E-state index >= 15 is 0 Å². The molecular weight excluding hydrogens is 444 g/mol. The quantitative estimate of drug-likeness (QED) is 0.226. The van der Waals surface area contributed by atoms with E-state index in [1.807, 2.05) is 30.3 Å². The molecule has 0 aromatic heterocycles. The van der Waals surface area contributed by atoms with Gasteiger partial charge in [0.25, 0.3) is 0 Å². The molecule has 5 heteroatoms. The van der Waals surface area contributed by atoms with E-state index in [0.717, 1.165) is 17.7 Å². The molecule has 0 fully saturated rings. The van der Waals surface area contributed by atoms with Crippen molar-refractivity contribution in [3.05, 3.63) is 65.2 Å². The number of hydrogen-bond acceptors (Lipinski definition) is 3. The SMILES string of the molecule is CCCCCCCCCCCCS[C@H](CS(=O)(=O)c1ccc(Cl)cc1)c1ccccc1. The zero-order valence-electron chi connectivity index (χ0n) is 18.8. The molecule has 2 aromatic rings. The number of thioether (sulfide) groups is 1. The van der Waals surface area contributed by atoms with Crippen LogP contribution >= 0.6 is 23.4 Å². The Balaban J connectivity index is 1.79. The fourth-order valence-corrected chi connectivity index (χ4v) is 7.05. The van der Waals surface area contributed by atoms with Crippen LogP contribution < -0.4 is 0 Å². The molecule has 172 valence electrons. The molecule has 31 heavy (non-hydrogen) atoms. The van der Waals surface area contributed by atoms with Crippen LogP contribution in [-0.2, 0) is 9.84 Å². The highest BCUT2D eigenvalue weighted by atomic mass is 35.5. The Kier molecular flexibility index (Phi) is 12.7. The molecular formula is C26H37ClO2S2. The Morgan fingerprint density at radius 2 is 1.32 bits per heavy atom. The van der Waals surface area contributed by atoms with Gasteiger partial charge >= 0.3 is 0 Å². The molecule has 0 amide bonds. The van der Waals surface area contributed by atoms with Crippen molar-refractivity contribution in [2.75, 3.05) is 11.5 Å². The second kappa shape index (κ2) is 15.0. The number of unbranched alkanes of at least 4 members (excludes halogenated alkanes) is 9. The molecule has 0 saturated heterocycles. The molecule has 0 aliphatic carbocycles. The highest BCUT2D eigenvalue weighted by Gasteiger charge is 2.23. The van der Waals surface area contributed by atoms with Gasteiger partial charge < -0.3 is 0 Å². The monoisotopic (exact) mass is 480 g/mol. The van der Waals surface area contributed by atoms with E-state index in [1.165, 1.54) is 57.8 Å². The maximum atomic E-state index is 13.0. The topological polar surface area (TPSA) is 34.1 Å². The lowest BCUT2D eigenvalue weighted by molar-refractivity contribution is 0.563. The van der Waals surface area contributed by atoms with Gasteiger partial charge in [0.05, 0.1) is 10.6 Å². The van der Waals surface area contributed by atoms with E-state index in [9.17, 15) is 8.42 Å². The van der Waals surface area contributed by atoms with Crippen LogP contribution in [0.5, 0.6) is 0 Å². The van der Waals surface area contributed by atoms with Crippen LogP contribution in [0.25, 0.3) is 0 Å². The molecule has 0 saturated carbocycles. The molecule has 0 heterocycles. The number of rotatable bonds is 16. The van der Waals surface area contributed by atoms with Crippen molar-refractivity contribution in [1.82, 2.24) is 0 Å². The van der Waals surface area contributed by atoms with Gasteiger partial charge in [-0.25, -0.2) is 8.42 Å². The maximum Gasteiger partial charge on any atom is 0.179 e. The summed E-state index contributed by atoms with van der Waals surface area (Å²) in [5.41, 5.74) is 1.08. The molecule has 0 bridgehead atoms. The van der Waals surface area contributed by atoms with Crippen LogP contribution in [0.2, 0.25) is 5.02 Å². The summed E-state index contributed by atoms with van der Waals surface area (Å²) in [5.74, 6) is 1.10. The third-order valence-electron chi connectivity index (χ3n) is 5.53. The van der Waals surface area contributed by atoms with E-state index < -0.39 is 9.84 Å². The highest BCUT2D eigenvalue weighted by Crippen LogP contribution is 2.33. The lowest BCUT2D eigenvalue weighted by Crippen LogP contribution is -2.13. The molecule has 0 radical (unpaired) electrons. The minimum absolute atomic E-state index is 0.0551. The average molecular weight is 481 g/mol. The summed E-state index contributed by atoms with van der Waals surface area (Å²) in [6, 6.07) is 16.5. The molecule has 0 spiro atoms. The van der Waals surface area contributed by atoms with Crippen LogP contribution in [0.15, 0.2) is 59.5 Å². The molecule has 2 aromatic carbocycles. The maximum absolute atomic E-state index is 13.0. The second-order valence-electron chi connectivity index (χ2n) is 8.19. The summed E-state index contributed by atoms with van der Waals surface area (Å²) in [7, 11) is -3.37. The van der Waals surface area contributed by atoms with Crippen LogP contribution in [0.3, 0.4) is 0 Å². The van der Waals surface area contributed by atoms with Crippen molar-refractivity contribution in [3.8, 4) is 0 Å². The van der Waals surface area contributed by atoms with Gasteiger partial charge in [-0.2, -0.15) is 11.8 Å². The third-order valence-corrected chi connectivity index (χ3v) is 9.12. The van der Waals surface area contributed by atoms with E-state index in [1.54, 1.807) is 36.0 Å². The fraction of sp³-hybridized carbons (Fsp3) is 0.538. The van der Waals surface area contributed by atoms with Crippen molar-refractivity contribution in [2.24, 2.45) is 0 Å². The zero-order valence-corrected chi connectivity index (χ0v) is 21.2. The van der Waals surface area contributed by atoms with Gasteiger partial charge in [0.15, 0.2) is 9.84 Å². The minimum atomic E-state index is -3.37. The zero-order chi connectivity index (χ0) is 22.4. The largest absolute Gasteiger partial charge is 0.224 e. The minimum Gasteiger partial charge on any atom is -0.224 e. The first-order valence-corrected chi connectivity index (χ1v) is 14.8. The second-order valence-corrected chi connectivity index (χ2v) is 12.0. The summed E-state index contributed by atoms with van der Waals surface area (Å²) in [4.78, 5) is 0.345. The Hall–Kier alpha value is -0.970.